The molecule has 9 nitrogen and oxygen atoms in total. The van der Waals surface area contributed by atoms with Gasteiger partial charge in [-0.05, 0) is 77.0 Å². The van der Waals surface area contributed by atoms with Crippen LogP contribution in [0, 0.1) is 0 Å². The molecule has 0 amide bonds. The van der Waals surface area contributed by atoms with Crippen molar-refractivity contribution in [2.24, 2.45) is 0 Å². The van der Waals surface area contributed by atoms with Gasteiger partial charge in [0.2, 0.25) is 0 Å². The lowest BCUT2D eigenvalue weighted by Gasteiger charge is -2.28. The highest BCUT2D eigenvalue weighted by Crippen LogP contribution is 2.38. The van der Waals surface area contributed by atoms with E-state index in [1.165, 1.54) is 51.4 Å². The van der Waals surface area contributed by atoms with Crippen LogP contribution in [0.25, 0.3) is 0 Å². The summed E-state index contributed by atoms with van der Waals surface area (Å²) in [6.45, 7) is 4.00. The highest BCUT2D eigenvalue weighted by molar-refractivity contribution is 7.45. The number of carbonyl (C=O) groups is 2. The summed E-state index contributed by atoms with van der Waals surface area (Å²) in [5, 5.41) is 0. The molecule has 0 radical (unpaired) electrons. The molecule has 0 aromatic heterocycles. The Hall–Kier alpha value is -2.81. The predicted molar refractivity (Wildman–Crippen MR) is 245 cm³/mol. The van der Waals surface area contributed by atoms with Crippen LogP contribution in [0.4, 0.5) is 0 Å². The third kappa shape index (κ3) is 44.6. The zero-order valence-electron chi connectivity index (χ0n) is 37.9. The second kappa shape index (κ2) is 40.6. The van der Waals surface area contributed by atoms with Crippen molar-refractivity contribution in [3.8, 4) is 0 Å². The van der Waals surface area contributed by atoms with Crippen LogP contribution in [0.1, 0.15) is 162 Å². The molecule has 0 aliphatic heterocycles. The number of allylic oxidation sites excluding steroid dienone is 14. The number of phosphoric ester groups is 1. The van der Waals surface area contributed by atoms with Gasteiger partial charge in [0.05, 0.1) is 27.7 Å². The second-order valence-corrected chi connectivity index (χ2v) is 17.4. The first-order chi connectivity index (χ1) is 28.5. The number of ether oxygens (including phenoxy) is 2. The molecule has 0 spiro atoms. The Bertz CT molecular complexity index is 1280. The van der Waals surface area contributed by atoms with Gasteiger partial charge in [-0.15, -0.1) is 0 Å². The standard InChI is InChI=1S/C49H84NO8P/c1-6-8-10-12-14-16-18-20-22-24-25-26-28-29-31-33-35-37-39-41-48(51)55-45-47(46-57-59(53,54)56-44-43-50(3,4)5)58-49(52)42-40-38-36-34-32-30-27-23-21-19-17-15-13-11-9-7-2/h8,10,14,16,20,22-23,25-27,29,31,35,37,47H,6-7,9,11-13,15,17-19,21,24,28,30,32-34,36,38-46H2,1-5H3/b10-8-,16-14-,22-20-,26-25-,27-23-,31-29-,37-35-/t47-/m1/s1. The first-order valence-corrected chi connectivity index (χ1v) is 24.3. The zero-order chi connectivity index (χ0) is 43.6. The summed E-state index contributed by atoms with van der Waals surface area (Å²) in [6, 6.07) is 0. The van der Waals surface area contributed by atoms with Crippen LogP contribution in [0.2, 0.25) is 0 Å². The molecule has 0 aliphatic carbocycles. The lowest BCUT2D eigenvalue weighted by atomic mass is 10.1. The van der Waals surface area contributed by atoms with E-state index in [0.29, 0.717) is 23.9 Å². The van der Waals surface area contributed by atoms with Crippen LogP contribution >= 0.6 is 7.82 Å². The second-order valence-electron chi connectivity index (χ2n) is 16.0. The van der Waals surface area contributed by atoms with Crippen LogP contribution in [-0.4, -0.2) is 70.0 Å². The van der Waals surface area contributed by atoms with Crippen molar-refractivity contribution >= 4 is 19.8 Å². The summed E-state index contributed by atoms with van der Waals surface area (Å²) in [5.41, 5.74) is 0. The first-order valence-electron chi connectivity index (χ1n) is 22.8. The highest BCUT2D eigenvalue weighted by atomic mass is 31.2. The van der Waals surface area contributed by atoms with Gasteiger partial charge < -0.3 is 27.9 Å². The third-order valence-electron chi connectivity index (χ3n) is 9.16. The van der Waals surface area contributed by atoms with Gasteiger partial charge in [-0.25, -0.2) is 0 Å². The maximum Gasteiger partial charge on any atom is 0.306 e. The largest absolute Gasteiger partial charge is 0.756 e. The molecule has 0 rings (SSSR count). The van der Waals surface area contributed by atoms with Gasteiger partial charge in [-0.1, -0.05) is 157 Å². The van der Waals surface area contributed by atoms with Crippen LogP contribution < -0.4 is 4.89 Å². The van der Waals surface area contributed by atoms with E-state index in [1.54, 1.807) is 0 Å². The van der Waals surface area contributed by atoms with Gasteiger partial charge in [-0.3, -0.25) is 14.2 Å². The number of hydrogen-bond acceptors (Lipinski definition) is 8. The summed E-state index contributed by atoms with van der Waals surface area (Å²) < 4.78 is 33.8. The summed E-state index contributed by atoms with van der Waals surface area (Å²) in [4.78, 5) is 37.5. The third-order valence-corrected chi connectivity index (χ3v) is 10.1. The SMILES string of the molecule is CC/C=C\C/C=C\C/C=C\C/C=C\C/C=C\C/C=C\CCC(=O)OC[C@H](COP(=O)([O-])OCC[N+](C)(C)C)OC(=O)CCCCCCC/C=C\CCCCCCCCC. The molecule has 0 N–H and O–H groups in total. The topological polar surface area (TPSA) is 111 Å². The Balaban J connectivity index is 4.49. The average Bonchev–Trinajstić information content (AvgIpc) is 3.19. The van der Waals surface area contributed by atoms with Crippen LogP contribution in [0.3, 0.4) is 0 Å². The Kier molecular flexibility index (Phi) is 38.7. The molecule has 0 aromatic rings. The fourth-order valence-electron chi connectivity index (χ4n) is 5.61. The van der Waals surface area contributed by atoms with Gasteiger partial charge in [-0.2, -0.15) is 0 Å². The van der Waals surface area contributed by atoms with E-state index in [0.717, 1.165) is 70.6 Å². The smallest absolute Gasteiger partial charge is 0.306 e. The Morgan fingerprint density at radius 3 is 1.51 bits per heavy atom. The van der Waals surface area contributed by atoms with E-state index in [-0.39, 0.29) is 26.1 Å². The molecule has 0 saturated heterocycles. The quantitative estimate of drug-likeness (QED) is 0.0197. The van der Waals surface area contributed by atoms with Crippen LogP contribution in [0.5, 0.6) is 0 Å². The zero-order valence-corrected chi connectivity index (χ0v) is 38.8. The first kappa shape index (κ1) is 56.2. The average molecular weight is 846 g/mol. The maximum atomic E-state index is 12.7. The lowest BCUT2D eigenvalue weighted by Crippen LogP contribution is -2.37. The number of likely N-dealkylation sites (N-methyl/N-ethyl adjacent to an activating group) is 1. The molecule has 338 valence electrons. The molecule has 10 heteroatoms. The van der Waals surface area contributed by atoms with E-state index in [1.807, 2.05) is 33.3 Å². The highest BCUT2D eigenvalue weighted by Gasteiger charge is 2.21. The van der Waals surface area contributed by atoms with Crippen molar-refractivity contribution in [2.45, 2.75) is 168 Å². The fraction of sp³-hybridized carbons (Fsp3) is 0.673. The van der Waals surface area contributed by atoms with E-state index < -0.39 is 32.5 Å². The van der Waals surface area contributed by atoms with Gasteiger partial charge in [0.15, 0.2) is 6.10 Å². The number of nitrogens with zero attached hydrogens (tertiary/aromatic N) is 1. The number of carbonyl (C=O) groups excluding carboxylic acids is 2. The number of esters is 2. The number of unbranched alkanes of at least 4 members (excludes halogenated alkanes) is 12. The van der Waals surface area contributed by atoms with Crippen molar-refractivity contribution < 1.29 is 42.1 Å². The van der Waals surface area contributed by atoms with E-state index in [9.17, 15) is 19.0 Å². The summed E-state index contributed by atoms with van der Waals surface area (Å²) in [5.74, 6) is -0.949. The van der Waals surface area contributed by atoms with Crippen LogP contribution in [0.15, 0.2) is 85.1 Å². The minimum atomic E-state index is -4.65. The molecule has 2 atom stereocenters. The normalized spacial score (nSPS) is 14.3. The molecule has 0 saturated carbocycles. The number of phosphoric acid groups is 1. The van der Waals surface area contributed by atoms with Crippen molar-refractivity contribution in [1.82, 2.24) is 0 Å². The Morgan fingerprint density at radius 1 is 0.542 bits per heavy atom. The predicted octanol–water partition coefficient (Wildman–Crippen LogP) is 12.6. The van der Waals surface area contributed by atoms with Crippen molar-refractivity contribution in [1.29, 1.82) is 0 Å². The summed E-state index contributed by atoms with van der Waals surface area (Å²) >= 11 is 0. The minimum absolute atomic E-state index is 0.0478. The molecule has 0 bridgehead atoms. The summed E-state index contributed by atoms with van der Waals surface area (Å²) in [6.07, 6.45) is 52.0. The molecule has 59 heavy (non-hydrogen) atoms. The van der Waals surface area contributed by atoms with E-state index >= 15 is 0 Å². The molecular formula is C49H84NO8P. The molecule has 0 fully saturated rings. The number of rotatable bonds is 40. The van der Waals surface area contributed by atoms with E-state index in [4.69, 9.17) is 18.5 Å². The number of quaternary nitrogens is 1. The molecule has 0 aliphatic rings. The van der Waals surface area contributed by atoms with Gasteiger partial charge in [0, 0.05) is 12.8 Å². The maximum absolute atomic E-state index is 12.7. The monoisotopic (exact) mass is 846 g/mol. The molecule has 0 aromatic carbocycles. The summed E-state index contributed by atoms with van der Waals surface area (Å²) in [7, 11) is 1.11. The van der Waals surface area contributed by atoms with Gasteiger partial charge >= 0.3 is 11.9 Å². The molecule has 1 unspecified atom stereocenters. The van der Waals surface area contributed by atoms with Gasteiger partial charge in [0.1, 0.15) is 19.8 Å². The van der Waals surface area contributed by atoms with Crippen LogP contribution in [-0.2, 0) is 32.7 Å². The van der Waals surface area contributed by atoms with Crippen molar-refractivity contribution in [3.63, 3.8) is 0 Å². The fourth-order valence-corrected chi connectivity index (χ4v) is 6.34. The lowest BCUT2D eigenvalue weighted by molar-refractivity contribution is -0.870. The number of hydrogen-bond donors (Lipinski definition) is 0. The van der Waals surface area contributed by atoms with Crippen molar-refractivity contribution in [2.75, 3.05) is 47.5 Å². The molecule has 0 heterocycles. The Morgan fingerprint density at radius 2 is 1.00 bits per heavy atom. The Labute approximate surface area is 361 Å². The van der Waals surface area contributed by atoms with Crippen molar-refractivity contribution in [3.05, 3.63) is 85.1 Å². The minimum Gasteiger partial charge on any atom is -0.756 e. The van der Waals surface area contributed by atoms with Gasteiger partial charge in [0.25, 0.3) is 7.82 Å². The molecular weight excluding hydrogens is 762 g/mol. The van der Waals surface area contributed by atoms with E-state index in [2.05, 4.69) is 86.8 Å².